The predicted octanol–water partition coefficient (Wildman–Crippen LogP) is -0.293. The lowest BCUT2D eigenvalue weighted by Crippen LogP contribution is -2.30. The highest BCUT2D eigenvalue weighted by atomic mass is 16.5. The second kappa shape index (κ2) is 5.24. The van der Waals surface area contributed by atoms with E-state index in [1.54, 1.807) is 25.2 Å². The number of nitrogens with one attached hydrogen (secondary N) is 2. The fraction of sp³-hybridized carbons (Fsp3) is 0.167. The lowest BCUT2D eigenvalue weighted by atomic mass is 10.2. The van der Waals surface area contributed by atoms with Crippen LogP contribution >= 0.6 is 0 Å². The molecule has 0 bridgehead atoms. The molecule has 3 rings (SSSR count). The second-order valence-corrected chi connectivity index (χ2v) is 4.37. The summed E-state index contributed by atoms with van der Waals surface area (Å²) in [6.45, 7) is 0. The van der Waals surface area contributed by atoms with Gasteiger partial charge in [0.15, 0.2) is 5.69 Å². The number of benzene rings is 1. The number of anilines is 1. The lowest BCUT2D eigenvalue weighted by molar-refractivity contribution is 0.101. The molecule has 0 aliphatic carbocycles. The van der Waals surface area contributed by atoms with Gasteiger partial charge in [-0.25, -0.2) is 4.98 Å². The molecular formula is C12H11N7O3. The third-order valence-electron chi connectivity index (χ3n) is 3.07. The Morgan fingerprint density at radius 1 is 1.41 bits per heavy atom. The number of hydrogen-bond donors (Lipinski definition) is 2. The van der Waals surface area contributed by atoms with Crippen LogP contribution in [-0.4, -0.2) is 43.2 Å². The normalized spacial score (nSPS) is 10.6. The molecule has 0 fully saturated rings. The molecule has 0 radical (unpaired) electrons. The highest BCUT2D eigenvalue weighted by Gasteiger charge is 2.18. The van der Waals surface area contributed by atoms with Crippen molar-refractivity contribution in [1.82, 2.24) is 30.2 Å². The van der Waals surface area contributed by atoms with Crippen LogP contribution in [0.5, 0.6) is 5.75 Å². The maximum absolute atomic E-state index is 12.3. The number of carbonyl (C=O) groups excluding carboxylic acids is 1. The number of carbonyl (C=O) groups is 1. The molecule has 3 aromatic rings. The minimum atomic E-state index is -0.709. The first kappa shape index (κ1) is 13.7. The Balaban J connectivity index is 2.09. The highest BCUT2D eigenvalue weighted by molar-refractivity contribution is 6.02. The van der Waals surface area contributed by atoms with Gasteiger partial charge in [0.2, 0.25) is 0 Å². The fourth-order valence-electron chi connectivity index (χ4n) is 1.95. The van der Waals surface area contributed by atoms with E-state index >= 15 is 0 Å². The number of rotatable bonds is 3. The number of H-pyrrole nitrogens is 1. The third-order valence-corrected chi connectivity index (χ3v) is 3.07. The minimum Gasteiger partial charge on any atom is -0.497 e. The number of aromatic amines is 1. The number of fused-ring (bicyclic) bond motifs is 1. The van der Waals surface area contributed by atoms with Crippen molar-refractivity contribution in [2.45, 2.75) is 0 Å². The molecule has 2 N–H and O–H groups in total. The van der Waals surface area contributed by atoms with Crippen molar-refractivity contribution in [3.8, 4) is 5.75 Å². The van der Waals surface area contributed by atoms with Crippen LogP contribution < -0.4 is 15.6 Å². The van der Waals surface area contributed by atoms with Gasteiger partial charge in [-0.3, -0.25) is 14.9 Å². The van der Waals surface area contributed by atoms with Crippen LogP contribution in [0, 0.1) is 0 Å². The van der Waals surface area contributed by atoms with Crippen LogP contribution in [0.2, 0.25) is 0 Å². The molecule has 2 aromatic heterocycles. The molecule has 1 amide bonds. The molecule has 0 unspecified atom stereocenters. The molecule has 10 nitrogen and oxygen atoms in total. The van der Waals surface area contributed by atoms with Crippen molar-refractivity contribution < 1.29 is 9.53 Å². The predicted molar refractivity (Wildman–Crippen MR) is 75.7 cm³/mol. The van der Waals surface area contributed by atoms with Crippen molar-refractivity contribution >= 4 is 22.9 Å². The van der Waals surface area contributed by atoms with E-state index in [9.17, 15) is 9.59 Å². The zero-order valence-electron chi connectivity index (χ0n) is 11.7. The number of tetrazole rings is 1. The molecule has 22 heavy (non-hydrogen) atoms. The summed E-state index contributed by atoms with van der Waals surface area (Å²) in [6, 6.07) is 5.03. The standard InChI is InChI=1S/C12H11N7O3/c1-19-8-5-6(22-2)3-4-7(8)13-9(11(19)21)10(20)14-12-15-17-18-16-12/h3-5H,1-2H3,(H2,14,15,16,17,18,20). The molecule has 0 saturated heterocycles. The fourth-order valence-corrected chi connectivity index (χ4v) is 1.95. The van der Waals surface area contributed by atoms with Crippen LogP contribution in [-0.2, 0) is 7.05 Å². The maximum atomic E-state index is 12.3. The Labute approximate surface area is 123 Å². The van der Waals surface area contributed by atoms with Crippen LogP contribution in [0.1, 0.15) is 10.5 Å². The van der Waals surface area contributed by atoms with Gasteiger partial charge in [0.25, 0.3) is 17.4 Å². The lowest BCUT2D eigenvalue weighted by Gasteiger charge is -2.08. The van der Waals surface area contributed by atoms with Gasteiger partial charge < -0.3 is 9.30 Å². The van der Waals surface area contributed by atoms with E-state index in [1.807, 2.05) is 0 Å². The van der Waals surface area contributed by atoms with E-state index in [2.05, 4.69) is 30.9 Å². The van der Waals surface area contributed by atoms with Crippen molar-refractivity contribution in [2.75, 3.05) is 12.4 Å². The Kier molecular flexibility index (Phi) is 3.26. The van der Waals surface area contributed by atoms with Crippen molar-refractivity contribution in [3.63, 3.8) is 0 Å². The summed E-state index contributed by atoms with van der Waals surface area (Å²) < 4.78 is 6.44. The summed E-state index contributed by atoms with van der Waals surface area (Å²) in [6.07, 6.45) is 0. The van der Waals surface area contributed by atoms with Gasteiger partial charge in [-0.15, -0.1) is 5.10 Å². The Morgan fingerprint density at radius 3 is 2.91 bits per heavy atom. The summed E-state index contributed by atoms with van der Waals surface area (Å²) in [5.74, 6) is -0.156. The van der Waals surface area contributed by atoms with Gasteiger partial charge in [-0.05, 0) is 17.3 Å². The summed E-state index contributed by atoms with van der Waals surface area (Å²) in [5, 5.41) is 15.0. The number of ether oxygens (including phenoxy) is 1. The van der Waals surface area contributed by atoms with E-state index in [1.165, 1.54) is 11.7 Å². The first-order chi connectivity index (χ1) is 10.6. The second-order valence-electron chi connectivity index (χ2n) is 4.37. The molecule has 112 valence electrons. The van der Waals surface area contributed by atoms with E-state index < -0.39 is 11.5 Å². The van der Waals surface area contributed by atoms with E-state index in [0.29, 0.717) is 16.8 Å². The van der Waals surface area contributed by atoms with Gasteiger partial charge in [-0.2, -0.15) is 5.21 Å². The Hall–Kier alpha value is -3.30. The van der Waals surface area contributed by atoms with Crippen molar-refractivity contribution in [2.24, 2.45) is 7.05 Å². The van der Waals surface area contributed by atoms with E-state index in [0.717, 1.165) is 0 Å². The van der Waals surface area contributed by atoms with E-state index in [4.69, 9.17) is 4.74 Å². The molecular weight excluding hydrogens is 290 g/mol. The maximum Gasteiger partial charge on any atom is 0.282 e. The molecule has 10 heteroatoms. The zero-order chi connectivity index (χ0) is 15.7. The molecule has 2 heterocycles. The number of methoxy groups -OCH3 is 1. The monoisotopic (exact) mass is 301 g/mol. The number of aryl methyl sites for hydroxylation is 1. The van der Waals surface area contributed by atoms with Crippen LogP contribution in [0.3, 0.4) is 0 Å². The van der Waals surface area contributed by atoms with Gasteiger partial charge in [0.1, 0.15) is 5.75 Å². The number of hydrogen-bond acceptors (Lipinski definition) is 7. The zero-order valence-corrected chi connectivity index (χ0v) is 11.7. The highest BCUT2D eigenvalue weighted by Crippen LogP contribution is 2.17. The van der Waals surface area contributed by atoms with Gasteiger partial charge in [0, 0.05) is 13.1 Å². The SMILES string of the molecule is COc1ccc2nc(C(=O)Nc3nn[nH]n3)c(=O)n(C)c2c1. The Bertz CT molecular complexity index is 901. The number of nitrogens with zero attached hydrogens (tertiary/aromatic N) is 5. The average Bonchev–Trinajstić information content (AvgIpc) is 3.03. The molecule has 0 spiro atoms. The first-order valence-corrected chi connectivity index (χ1v) is 6.19. The number of amides is 1. The summed E-state index contributed by atoms with van der Waals surface area (Å²) in [7, 11) is 3.08. The summed E-state index contributed by atoms with van der Waals surface area (Å²) in [5.41, 5.74) is 0.244. The van der Waals surface area contributed by atoms with Gasteiger partial charge >= 0.3 is 0 Å². The minimum absolute atomic E-state index is 0.0383. The molecule has 1 aromatic carbocycles. The molecule has 0 saturated carbocycles. The number of aromatic nitrogens is 6. The van der Waals surface area contributed by atoms with E-state index in [-0.39, 0.29) is 11.6 Å². The van der Waals surface area contributed by atoms with Crippen molar-refractivity contribution in [3.05, 3.63) is 34.2 Å². The molecule has 0 atom stereocenters. The molecule has 0 aliphatic heterocycles. The third kappa shape index (κ3) is 2.26. The largest absolute Gasteiger partial charge is 0.497 e. The topological polar surface area (TPSA) is 128 Å². The van der Waals surface area contributed by atoms with Gasteiger partial charge in [0.05, 0.1) is 18.1 Å². The average molecular weight is 301 g/mol. The van der Waals surface area contributed by atoms with Crippen LogP contribution in [0.15, 0.2) is 23.0 Å². The van der Waals surface area contributed by atoms with Crippen molar-refractivity contribution in [1.29, 1.82) is 0 Å². The summed E-state index contributed by atoms with van der Waals surface area (Å²) in [4.78, 5) is 28.5. The first-order valence-electron chi connectivity index (χ1n) is 6.19. The smallest absolute Gasteiger partial charge is 0.282 e. The molecule has 0 aliphatic rings. The quantitative estimate of drug-likeness (QED) is 0.680. The van der Waals surface area contributed by atoms with Crippen LogP contribution in [0.4, 0.5) is 5.95 Å². The Morgan fingerprint density at radius 2 is 2.23 bits per heavy atom. The van der Waals surface area contributed by atoms with Gasteiger partial charge in [-0.1, -0.05) is 5.10 Å². The summed E-state index contributed by atoms with van der Waals surface area (Å²) >= 11 is 0. The van der Waals surface area contributed by atoms with Crippen LogP contribution in [0.25, 0.3) is 11.0 Å².